The van der Waals surface area contributed by atoms with Crippen molar-refractivity contribution < 1.29 is 0 Å². The second-order valence-corrected chi connectivity index (χ2v) is 10.1. The van der Waals surface area contributed by atoms with Gasteiger partial charge in [0.15, 0.2) is 0 Å². The molecule has 3 aromatic rings. The Hall–Kier alpha value is -2.80. The first-order valence-electron chi connectivity index (χ1n) is 11.1. The predicted octanol–water partition coefficient (Wildman–Crippen LogP) is 8.17. The van der Waals surface area contributed by atoms with Crippen molar-refractivity contribution in [3.63, 3.8) is 0 Å². The minimum absolute atomic E-state index is 0.324. The molecule has 0 aromatic heterocycles. The summed E-state index contributed by atoms with van der Waals surface area (Å²) in [6, 6.07) is 15.6. The minimum atomic E-state index is 0.324. The zero-order chi connectivity index (χ0) is 21.0. The lowest BCUT2D eigenvalue weighted by Crippen LogP contribution is -2.15. The Bertz CT molecular complexity index is 1220. The topological polar surface area (TPSA) is 3.24 Å². The van der Waals surface area contributed by atoms with Gasteiger partial charge in [0.25, 0.3) is 0 Å². The van der Waals surface area contributed by atoms with E-state index in [9.17, 15) is 0 Å². The van der Waals surface area contributed by atoms with Crippen LogP contribution >= 0.6 is 0 Å². The van der Waals surface area contributed by atoms with E-state index in [-0.39, 0.29) is 0 Å². The summed E-state index contributed by atoms with van der Waals surface area (Å²) in [5.41, 5.74) is 11.5. The number of fused-ring (bicyclic) bond motifs is 7. The van der Waals surface area contributed by atoms with Crippen molar-refractivity contribution in [3.8, 4) is 0 Å². The smallest absolute Gasteiger partial charge is 0.0564 e. The average Bonchev–Trinajstić information content (AvgIpc) is 2.85. The highest BCUT2D eigenvalue weighted by Gasteiger charge is 2.26. The van der Waals surface area contributed by atoms with Crippen LogP contribution in [-0.4, -0.2) is 7.05 Å². The Morgan fingerprint density at radius 2 is 1.57 bits per heavy atom. The Morgan fingerprint density at radius 1 is 0.833 bits per heavy atom. The number of hydrogen-bond acceptors (Lipinski definition) is 1. The maximum Gasteiger partial charge on any atom is 0.0564 e. The molecule has 1 aliphatic carbocycles. The summed E-state index contributed by atoms with van der Waals surface area (Å²) in [5, 5.41) is 2.73. The van der Waals surface area contributed by atoms with E-state index in [2.05, 4.69) is 100 Å². The second-order valence-electron chi connectivity index (χ2n) is 10.1. The van der Waals surface area contributed by atoms with Gasteiger partial charge >= 0.3 is 0 Å². The summed E-state index contributed by atoms with van der Waals surface area (Å²) < 4.78 is 0. The fourth-order valence-corrected chi connectivity index (χ4v) is 5.34. The molecule has 0 unspecified atom stereocenters. The van der Waals surface area contributed by atoms with Crippen LogP contribution in [-0.2, 0) is 6.42 Å². The summed E-state index contributed by atoms with van der Waals surface area (Å²) in [4.78, 5) is 2.41. The molecule has 0 spiro atoms. The maximum atomic E-state index is 2.50. The fraction of sp³-hybridized carbons (Fsp3) is 0.310. The maximum absolute atomic E-state index is 2.50. The molecule has 0 amide bonds. The van der Waals surface area contributed by atoms with Gasteiger partial charge in [0.1, 0.15) is 0 Å². The molecule has 0 saturated carbocycles. The summed E-state index contributed by atoms with van der Waals surface area (Å²) >= 11 is 0. The number of anilines is 2. The zero-order valence-electron chi connectivity index (χ0n) is 18.8. The average molecular weight is 394 g/mol. The largest absolute Gasteiger partial charge is 0.343 e. The fourth-order valence-electron chi connectivity index (χ4n) is 5.34. The van der Waals surface area contributed by atoms with E-state index in [4.69, 9.17) is 0 Å². The third-order valence-corrected chi connectivity index (χ3v) is 6.59. The molecule has 1 heterocycles. The summed E-state index contributed by atoms with van der Waals surface area (Å²) in [5.74, 6) is 0. The van der Waals surface area contributed by atoms with Crippen molar-refractivity contribution in [2.24, 2.45) is 5.41 Å². The van der Waals surface area contributed by atoms with Crippen LogP contribution in [0.5, 0.6) is 0 Å². The standard InChI is InChI=1S/C29H31N/c1-19-9-8-12-27-21(19)15-16-25-23-14-13-20(18-29(2,3)4)17-26(23)22-10-6-7-11-24(22)28(25)30(27)5/h6-12,15-17H,13-14,18H2,1-5H3. The Labute approximate surface area is 180 Å². The normalized spacial score (nSPS) is 15.4. The van der Waals surface area contributed by atoms with Gasteiger partial charge in [-0.05, 0) is 59.7 Å². The highest BCUT2D eigenvalue weighted by Crippen LogP contribution is 2.46. The van der Waals surface area contributed by atoms with Crippen molar-refractivity contribution in [1.82, 2.24) is 0 Å². The first-order chi connectivity index (χ1) is 14.3. The van der Waals surface area contributed by atoms with E-state index >= 15 is 0 Å². The number of nitrogens with zero attached hydrogens (tertiary/aromatic N) is 1. The van der Waals surface area contributed by atoms with Gasteiger partial charge in [-0.25, -0.2) is 0 Å². The molecule has 5 rings (SSSR count). The third-order valence-electron chi connectivity index (χ3n) is 6.59. The van der Waals surface area contributed by atoms with Gasteiger partial charge in [-0.15, -0.1) is 0 Å². The van der Waals surface area contributed by atoms with Gasteiger partial charge in [-0.1, -0.05) is 81.0 Å². The molecule has 1 aliphatic heterocycles. The van der Waals surface area contributed by atoms with Crippen LogP contribution in [0.15, 0.2) is 48.0 Å². The number of hydrogen-bond donors (Lipinski definition) is 0. The Kier molecular flexibility index (Phi) is 4.39. The molecule has 30 heavy (non-hydrogen) atoms. The number of allylic oxidation sites excluding steroid dienone is 1. The van der Waals surface area contributed by atoms with E-state index in [1.54, 1.807) is 5.57 Å². The van der Waals surface area contributed by atoms with E-state index in [1.165, 1.54) is 56.4 Å². The highest BCUT2D eigenvalue weighted by atomic mass is 15.1. The van der Waals surface area contributed by atoms with E-state index in [0.717, 1.165) is 12.8 Å². The number of aryl methyl sites for hydroxylation is 1. The highest BCUT2D eigenvalue weighted by molar-refractivity contribution is 6.08. The van der Waals surface area contributed by atoms with Gasteiger partial charge < -0.3 is 4.90 Å². The zero-order valence-corrected chi connectivity index (χ0v) is 18.8. The summed E-state index contributed by atoms with van der Waals surface area (Å²) in [6.07, 6.45) is 10.7. The molecule has 152 valence electrons. The molecule has 0 saturated heterocycles. The lowest BCUT2D eigenvalue weighted by atomic mass is 9.79. The quantitative estimate of drug-likeness (QED) is 0.403. The second kappa shape index (κ2) is 6.87. The predicted molar refractivity (Wildman–Crippen MR) is 132 cm³/mol. The van der Waals surface area contributed by atoms with Crippen molar-refractivity contribution >= 4 is 40.4 Å². The van der Waals surface area contributed by atoms with E-state index < -0.39 is 0 Å². The summed E-state index contributed by atoms with van der Waals surface area (Å²) in [6.45, 7) is 9.24. The molecule has 0 fully saturated rings. The van der Waals surface area contributed by atoms with Crippen molar-refractivity contribution in [2.45, 2.75) is 47.0 Å². The molecule has 3 aromatic carbocycles. The lowest BCUT2D eigenvalue weighted by molar-refractivity contribution is 0.405. The molecule has 0 radical (unpaired) electrons. The molecule has 2 aliphatic rings. The molecule has 0 bridgehead atoms. The van der Waals surface area contributed by atoms with Gasteiger partial charge in [-0.2, -0.15) is 0 Å². The van der Waals surface area contributed by atoms with Gasteiger partial charge in [-0.3, -0.25) is 0 Å². The van der Waals surface area contributed by atoms with E-state index in [0.29, 0.717) is 5.41 Å². The molecule has 0 N–H and O–H groups in total. The van der Waals surface area contributed by atoms with Gasteiger partial charge in [0.05, 0.1) is 5.69 Å². The van der Waals surface area contributed by atoms with Crippen molar-refractivity contribution in [1.29, 1.82) is 0 Å². The van der Waals surface area contributed by atoms with Gasteiger partial charge in [0.2, 0.25) is 0 Å². The van der Waals surface area contributed by atoms with Crippen LogP contribution in [0.2, 0.25) is 0 Å². The van der Waals surface area contributed by atoms with Crippen LogP contribution in [0, 0.1) is 12.3 Å². The van der Waals surface area contributed by atoms with Crippen LogP contribution in [0.1, 0.15) is 61.4 Å². The molecule has 1 nitrogen and oxygen atoms in total. The molecular weight excluding hydrogens is 362 g/mol. The van der Waals surface area contributed by atoms with E-state index in [1.807, 2.05) is 0 Å². The Morgan fingerprint density at radius 3 is 2.33 bits per heavy atom. The summed E-state index contributed by atoms with van der Waals surface area (Å²) in [7, 11) is 2.23. The van der Waals surface area contributed by atoms with Crippen LogP contribution in [0.25, 0.3) is 29.0 Å². The lowest BCUT2D eigenvalue weighted by Gasteiger charge is -2.30. The number of benzene rings is 3. The molecule has 1 heteroatoms. The SMILES string of the molecule is Cc1cccc2c1C=Cc1c3c(c4ccccc4c1N2C)C=C(CC(C)(C)C)CC3. The first kappa shape index (κ1) is 19.2. The molecule has 0 atom stereocenters. The van der Waals surface area contributed by atoms with Gasteiger partial charge in [0, 0.05) is 29.2 Å². The number of rotatable bonds is 1. The molecular formula is C29H31N. The minimum Gasteiger partial charge on any atom is -0.343 e. The van der Waals surface area contributed by atoms with Crippen LogP contribution < -0.4 is 4.90 Å². The van der Waals surface area contributed by atoms with Crippen molar-refractivity contribution in [3.05, 3.63) is 75.9 Å². The van der Waals surface area contributed by atoms with Crippen molar-refractivity contribution in [2.75, 3.05) is 11.9 Å². The Balaban J connectivity index is 1.80. The van der Waals surface area contributed by atoms with Crippen LogP contribution in [0.3, 0.4) is 0 Å². The van der Waals surface area contributed by atoms with Crippen LogP contribution in [0.4, 0.5) is 11.4 Å². The third kappa shape index (κ3) is 3.08. The monoisotopic (exact) mass is 393 g/mol. The first-order valence-corrected chi connectivity index (χ1v) is 11.1.